The molecule has 0 radical (unpaired) electrons. The van der Waals surface area contributed by atoms with E-state index in [9.17, 15) is 13.2 Å². The van der Waals surface area contributed by atoms with Crippen LogP contribution in [0.15, 0.2) is 69.1 Å². The van der Waals surface area contributed by atoms with Crippen LogP contribution in [0.5, 0.6) is 0 Å². The Morgan fingerprint density at radius 2 is 1.91 bits per heavy atom. The summed E-state index contributed by atoms with van der Waals surface area (Å²) in [4.78, 5) is 14.7. The SMILES string of the molecule is CC(C)(C)OC(=O)N1CCc2oc3c(-c4cn[nH]c4)cc(S(=O)(=O)c4ccccc4)cc3c2C1. The summed E-state index contributed by atoms with van der Waals surface area (Å²) in [6.45, 7) is 6.21. The third-order valence-electron chi connectivity index (χ3n) is 5.73. The van der Waals surface area contributed by atoms with Crippen molar-refractivity contribution >= 4 is 26.9 Å². The fourth-order valence-corrected chi connectivity index (χ4v) is 5.47. The number of ether oxygens (including phenoxy) is 1. The van der Waals surface area contributed by atoms with Gasteiger partial charge in [0.05, 0.1) is 22.5 Å². The van der Waals surface area contributed by atoms with Crippen molar-refractivity contribution in [3.05, 3.63) is 66.2 Å². The minimum Gasteiger partial charge on any atom is -0.460 e. The highest BCUT2D eigenvalue weighted by Gasteiger charge is 2.31. The first-order chi connectivity index (χ1) is 16.1. The van der Waals surface area contributed by atoms with Crippen LogP contribution in [-0.2, 0) is 27.5 Å². The molecule has 2 aromatic carbocycles. The molecule has 4 aromatic rings. The van der Waals surface area contributed by atoms with Crippen molar-refractivity contribution < 1.29 is 22.4 Å². The molecule has 1 amide bonds. The summed E-state index contributed by atoms with van der Waals surface area (Å²) in [7, 11) is -3.78. The Morgan fingerprint density at radius 1 is 1.15 bits per heavy atom. The van der Waals surface area contributed by atoms with Gasteiger partial charge in [0.2, 0.25) is 9.84 Å². The number of nitrogens with zero attached hydrogens (tertiary/aromatic N) is 2. The number of fused-ring (bicyclic) bond motifs is 3. The third-order valence-corrected chi connectivity index (χ3v) is 7.48. The van der Waals surface area contributed by atoms with Gasteiger partial charge in [-0.2, -0.15) is 5.10 Å². The van der Waals surface area contributed by atoms with Gasteiger partial charge in [-0.25, -0.2) is 13.2 Å². The maximum atomic E-state index is 13.5. The Morgan fingerprint density at radius 3 is 2.59 bits per heavy atom. The summed E-state index contributed by atoms with van der Waals surface area (Å²) < 4.78 is 38.7. The molecule has 3 heterocycles. The van der Waals surface area contributed by atoms with Gasteiger partial charge in [0, 0.05) is 41.2 Å². The van der Waals surface area contributed by atoms with E-state index in [0.29, 0.717) is 35.1 Å². The first-order valence-electron chi connectivity index (χ1n) is 11.0. The van der Waals surface area contributed by atoms with Crippen LogP contribution in [0.3, 0.4) is 0 Å². The number of hydrogen-bond acceptors (Lipinski definition) is 6. The summed E-state index contributed by atoms with van der Waals surface area (Å²) >= 11 is 0. The van der Waals surface area contributed by atoms with Crippen molar-refractivity contribution in [2.45, 2.75) is 49.1 Å². The van der Waals surface area contributed by atoms with E-state index in [-0.39, 0.29) is 16.3 Å². The highest BCUT2D eigenvalue weighted by atomic mass is 32.2. The van der Waals surface area contributed by atoms with Gasteiger partial charge in [0.25, 0.3) is 0 Å². The minimum absolute atomic E-state index is 0.153. The molecule has 0 fully saturated rings. The van der Waals surface area contributed by atoms with Crippen LogP contribution in [0.1, 0.15) is 32.1 Å². The third kappa shape index (κ3) is 3.96. The molecule has 5 rings (SSSR count). The number of amides is 1. The molecule has 0 atom stereocenters. The molecule has 0 saturated heterocycles. The molecule has 9 heteroatoms. The molecule has 34 heavy (non-hydrogen) atoms. The normalized spacial score (nSPS) is 14.3. The van der Waals surface area contributed by atoms with E-state index in [1.54, 1.807) is 59.8 Å². The number of H-pyrrole nitrogens is 1. The van der Waals surface area contributed by atoms with Crippen LogP contribution < -0.4 is 0 Å². The van der Waals surface area contributed by atoms with Crippen molar-refractivity contribution in [2.75, 3.05) is 6.54 Å². The zero-order chi connectivity index (χ0) is 24.1. The number of furan rings is 1. The maximum absolute atomic E-state index is 13.5. The van der Waals surface area contributed by atoms with Crippen LogP contribution in [0.2, 0.25) is 0 Å². The average molecular weight is 480 g/mol. The fourth-order valence-electron chi connectivity index (χ4n) is 4.14. The minimum atomic E-state index is -3.78. The van der Waals surface area contributed by atoms with E-state index >= 15 is 0 Å². The maximum Gasteiger partial charge on any atom is 0.410 e. The fraction of sp³-hybridized carbons (Fsp3) is 0.280. The lowest BCUT2D eigenvalue weighted by Gasteiger charge is -2.29. The Kier molecular flexibility index (Phi) is 5.24. The number of nitrogens with one attached hydrogen (secondary N) is 1. The Balaban J connectivity index is 1.66. The summed E-state index contributed by atoms with van der Waals surface area (Å²) in [6, 6.07) is 11.6. The molecule has 2 aromatic heterocycles. The van der Waals surface area contributed by atoms with E-state index in [2.05, 4.69) is 10.2 Å². The number of hydrogen-bond donors (Lipinski definition) is 1. The Hall–Kier alpha value is -3.59. The second-order valence-corrected chi connectivity index (χ2v) is 11.3. The number of sulfone groups is 1. The number of benzene rings is 2. The molecule has 0 unspecified atom stereocenters. The van der Waals surface area contributed by atoms with Crippen molar-refractivity contribution in [3.63, 3.8) is 0 Å². The topological polar surface area (TPSA) is 106 Å². The van der Waals surface area contributed by atoms with Crippen molar-refractivity contribution in [1.29, 1.82) is 0 Å². The molecule has 0 aliphatic carbocycles. The molecule has 1 aliphatic rings. The average Bonchev–Trinajstić information content (AvgIpc) is 3.45. The van der Waals surface area contributed by atoms with E-state index < -0.39 is 21.5 Å². The molecule has 0 bridgehead atoms. The van der Waals surface area contributed by atoms with Crippen LogP contribution in [-0.4, -0.2) is 41.8 Å². The van der Waals surface area contributed by atoms with Gasteiger partial charge < -0.3 is 14.1 Å². The summed E-state index contributed by atoms with van der Waals surface area (Å²) in [6.07, 6.45) is 3.43. The molecular weight excluding hydrogens is 454 g/mol. The van der Waals surface area contributed by atoms with Crippen molar-refractivity contribution in [2.24, 2.45) is 0 Å². The number of carbonyl (C=O) groups is 1. The number of rotatable bonds is 3. The Bertz CT molecular complexity index is 1470. The molecule has 1 aliphatic heterocycles. The number of aromatic amines is 1. The second kappa shape index (κ2) is 8.02. The molecule has 0 saturated carbocycles. The monoisotopic (exact) mass is 479 g/mol. The van der Waals surface area contributed by atoms with Gasteiger partial charge in [0.1, 0.15) is 16.9 Å². The highest BCUT2D eigenvalue weighted by molar-refractivity contribution is 7.91. The largest absolute Gasteiger partial charge is 0.460 e. The van der Waals surface area contributed by atoms with E-state index in [1.807, 2.05) is 20.8 Å². The van der Waals surface area contributed by atoms with Gasteiger partial charge in [-0.05, 0) is 45.0 Å². The van der Waals surface area contributed by atoms with Crippen molar-refractivity contribution in [1.82, 2.24) is 15.1 Å². The van der Waals surface area contributed by atoms with Gasteiger partial charge in [-0.15, -0.1) is 0 Å². The quantitative estimate of drug-likeness (QED) is 0.446. The molecule has 176 valence electrons. The predicted octanol–water partition coefficient (Wildman–Crippen LogP) is 4.95. The first kappa shape index (κ1) is 22.2. The summed E-state index contributed by atoms with van der Waals surface area (Å²) in [5, 5.41) is 7.46. The Labute approximate surface area is 197 Å². The van der Waals surface area contributed by atoms with Crippen LogP contribution in [0.25, 0.3) is 22.1 Å². The van der Waals surface area contributed by atoms with Gasteiger partial charge in [-0.3, -0.25) is 5.10 Å². The van der Waals surface area contributed by atoms with Crippen molar-refractivity contribution in [3.8, 4) is 11.1 Å². The highest BCUT2D eigenvalue weighted by Crippen LogP contribution is 2.39. The van der Waals surface area contributed by atoms with Crippen LogP contribution in [0, 0.1) is 0 Å². The van der Waals surface area contributed by atoms with E-state index in [0.717, 1.165) is 11.3 Å². The molecule has 8 nitrogen and oxygen atoms in total. The lowest BCUT2D eigenvalue weighted by atomic mass is 10.0. The van der Waals surface area contributed by atoms with E-state index in [1.165, 1.54) is 0 Å². The number of carbonyl (C=O) groups excluding carboxylic acids is 1. The first-order valence-corrected chi connectivity index (χ1v) is 12.5. The summed E-state index contributed by atoms with van der Waals surface area (Å²) in [5.41, 5.74) is 2.09. The van der Waals surface area contributed by atoms with Crippen LogP contribution in [0.4, 0.5) is 4.79 Å². The predicted molar refractivity (Wildman–Crippen MR) is 126 cm³/mol. The second-order valence-electron chi connectivity index (χ2n) is 9.31. The summed E-state index contributed by atoms with van der Waals surface area (Å²) in [5.74, 6) is 0.744. The van der Waals surface area contributed by atoms with Gasteiger partial charge in [0.15, 0.2) is 0 Å². The standard InChI is InChI=1S/C25H25N3O5S/c1-25(2,3)33-24(29)28-10-9-22-21(15-28)20-12-18(34(30,31)17-7-5-4-6-8-17)11-19(23(20)32-22)16-13-26-27-14-16/h4-8,11-14H,9-10,15H2,1-3H3,(H,26,27). The zero-order valence-electron chi connectivity index (χ0n) is 19.2. The number of aromatic nitrogens is 2. The lowest BCUT2D eigenvalue weighted by Crippen LogP contribution is -2.39. The smallest absolute Gasteiger partial charge is 0.410 e. The molecule has 1 N–H and O–H groups in total. The zero-order valence-corrected chi connectivity index (χ0v) is 20.0. The van der Waals surface area contributed by atoms with E-state index in [4.69, 9.17) is 9.15 Å². The van der Waals surface area contributed by atoms with Gasteiger partial charge >= 0.3 is 6.09 Å². The molecule has 0 spiro atoms. The molecular formula is C25H25N3O5S. The lowest BCUT2D eigenvalue weighted by molar-refractivity contribution is 0.0220. The van der Waals surface area contributed by atoms with Crippen LogP contribution >= 0.6 is 0 Å². The van der Waals surface area contributed by atoms with Gasteiger partial charge in [-0.1, -0.05) is 18.2 Å².